The summed E-state index contributed by atoms with van der Waals surface area (Å²) in [5.74, 6) is -0.421. The van der Waals surface area contributed by atoms with Gasteiger partial charge in [0.2, 0.25) is 5.91 Å². The molecule has 2 heterocycles. The molecule has 0 aromatic heterocycles. The van der Waals surface area contributed by atoms with Gasteiger partial charge in [0.25, 0.3) is 5.91 Å². The lowest BCUT2D eigenvalue weighted by Gasteiger charge is -2.20. The molecule has 2 saturated heterocycles. The number of hydrogen-bond acceptors (Lipinski definition) is 4. The third-order valence-corrected chi connectivity index (χ3v) is 5.07. The van der Waals surface area contributed by atoms with E-state index in [0.29, 0.717) is 12.1 Å². The summed E-state index contributed by atoms with van der Waals surface area (Å²) in [6.07, 6.45) is 2.99. The number of carbonyl (C=O) groups excluding carboxylic acids is 3. The number of aryl methyl sites for hydroxylation is 1. The summed E-state index contributed by atoms with van der Waals surface area (Å²) in [6, 6.07) is 4.91. The molecule has 0 spiro atoms. The van der Waals surface area contributed by atoms with E-state index in [1.54, 1.807) is 0 Å². The highest BCUT2D eigenvalue weighted by Gasteiger charge is 2.39. The molecule has 7 heteroatoms. The molecule has 1 atom stereocenters. The molecule has 0 radical (unpaired) electrons. The Balaban J connectivity index is 1.60. The largest absolute Gasteiger partial charge is 0.372 e. The molecule has 2 N–H and O–H groups in total. The monoisotopic (exact) mass is 372 g/mol. The molecule has 146 valence electrons. The fourth-order valence-corrected chi connectivity index (χ4v) is 3.65. The van der Waals surface area contributed by atoms with Crippen molar-refractivity contribution in [2.45, 2.75) is 46.1 Å². The Kier molecular flexibility index (Phi) is 5.68. The van der Waals surface area contributed by atoms with Gasteiger partial charge >= 0.3 is 6.03 Å². The Morgan fingerprint density at radius 1 is 1.26 bits per heavy atom. The highest BCUT2D eigenvalue weighted by molar-refractivity contribution is 6.08. The average Bonchev–Trinajstić information content (AvgIpc) is 3.21. The standard InChI is InChI=1S/C20H28N4O3/c1-13(2)10-17-19(26)24(20(27)22-17)12-18(25)21-16-7-6-15(11-14(16)3)23-8-4-5-9-23/h6-7,11,13,17H,4-5,8-10,12H2,1-3H3,(H,21,25)(H,22,27). The highest BCUT2D eigenvalue weighted by atomic mass is 16.2. The van der Waals surface area contributed by atoms with Crippen LogP contribution >= 0.6 is 0 Å². The summed E-state index contributed by atoms with van der Waals surface area (Å²) < 4.78 is 0. The number of carbonyl (C=O) groups is 3. The van der Waals surface area contributed by atoms with E-state index in [4.69, 9.17) is 0 Å². The number of imide groups is 1. The van der Waals surface area contributed by atoms with Crippen molar-refractivity contribution in [2.24, 2.45) is 5.92 Å². The van der Waals surface area contributed by atoms with E-state index in [2.05, 4.69) is 21.6 Å². The normalized spacial score (nSPS) is 19.8. The van der Waals surface area contributed by atoms with Gasteiger partial charge in [-0.3, -0.25) is 14.5 Å². The van der Waals surface area contributed by atoms with Gasteiger partial charge in [-0.2, -0.15) is 0 Å². The number of hydrogen-bond donors (Lipinski definition) is 2. The summed E-state index contributed by atoms with van der Waals surface area (Å²) in [5, 5.41) is 5.48. The van der Waals surface area contributed by atoms with Crippen molar-refractivity contribution in [1.82, 2.24) is 10.2 Å². The lowest BCUT2D eigenvalue weighted by Crippen LogP contribution is -2.38. The number of amides is 4. The number of rotatable bonds is 6. The molecule has 0 saturated carbocycles. The first-order valence-electron chi connectivity index (χ1n) is 9.62. The minimum absolute atomic E-state index is 0.271. The summed E-state index contributed by atoms with van der Waals surface area (Å²) in [5.41, 5.74) is 2.82. The third kappa shape index (κ3) is 4.40. The third-order valence-electron chi connectivity index (χ3n) is 5.07. The quantitative estimate of drug-likeness (QED) is 0.752. The first-order chi connectivity index (χ1) is 12.8. The molecule has 27 heavy (non-hydrogen) atoms. The zero-order chi connectivity index (χ0) is 19.6. The number of urea groups is 1. The van der Waals surface area contributed by atoms with Crippen LogP contribution < -0.4 is 15.5 Å². The fourth-order valence-electron chi connectivity index (χ4n) is 3.65. The smallest absolute Gasteiger partial charge is 0.325 e. The van der Waals surface area contributed by atoms with Gasteiger partial charge < -0.3 is 15.5 Å². The van der Waals surface area contributed by atoms with E-state index in [0.717, 1.165) is 29.2 Å². The van der Waals surface area contributed by atoms with E-state index in [9.17, 15) is 14.4 Å². The summed E-state index contributed by atoms with van der Waals surface area (Å²) in [7, 11) is 0. The van der Waals surface area contributed by atoms with Gasteiger partial charge in [0, 0.05) is 24.5 Å². The lowest BCUT2D eigenvalue weighted by molar-refractivity contribution is -0.131. The van der Waals surface area contributed by atoms with E-state index < -0.39 is 12.1 Å². The molecule has 1 aromatic rings. The molecule has 0 aliphatic carbocycles. The first kappa shape index (κ1) is 19.2. The molecular weight excluding hydrogens is 344 g/mol. The molecular formula is C20H28N4O3. The van der Waals surface area contributed by atoms with Gasteiger partial charge in [0.15, 0.2) is 0 Å². The van der Waals surface area contributed by atoms with Crippen LogP contribution in [-0.4, -0.2) is 48.4 Å². The first-order valence-corrected chi connectivity index (χ1v) is 9.62. The lowest BCUT2D eigenvalue weighted by atomic mass is 10.0. The van der Waals surface area contributed by atoms with Crippen molar-refractivity contribution in [3.63, 3.8) is 0 Å². The number of nitrogens with zero attached hydrogens (tertiary/aromatic N) is 2. The topological polar surface area (TPSA) is 81.8 Å². The van der Waals surface area contributed by atoms with Crippen molar-refractivity contribution >= 4 is 29.2 Å². The highest BCUT2D eigenvalue weighted by Crippen LogP contribution is 2.25. The van der Waals surface area contributed by atoms with Crippen LogP contribution in [0.1, 0.15) is 38.7 Å². The predicted octanol–water partition coefficient (Wildman–Crippen LogP) is 2.50. The van der Waals surface area contributed by atoms with E-state index in [1.807, 2.05) is 32.9 Å². The van der Waals surface area contributed by atoms with Crippen molar-refractivity contribution in [2.75, 3.05) is 29.9 Å². The molecule has 2 aliphatic rings. The van der Waals surface area contributed by atoms with Gasteiger partial charge in [0.05, 0.1) is 0 Å². The second kappa shape index (κ2) is 7.98. The maximum Gasteiger partial charge on any atom is 0.325 e. The van der Waals surface area contributed by atoms with Crippen LogP contribution in [0.25, 0.3) is 0 Å². The van der Waals surface area contributed by atoms with Crippen LogP contribution in [0.4, 0.5) is 16.2 Å². The SMILES string of the molecule is Cc1cc(N2CCCC2)ccc1NC(=O)CN1C(=O)NC(CC(C)C)C1=O. The van der Waals surface area contributed by atoms with Crippen molar-refractivity contribution in [3.8, 4) is 0 Å². The summed E-state index contributed by atoms with van der Waals surface area (Å²) >= 11 is 0. The number of anilines is 2. The molecule has 2 fully saturated rings. The van der Waals surface area contributed by atoms with Gasteiger partial charge in [0.1, 0.15) is 12.6 Å². The zero-order valence-corrected chi connectivity index (χ0v) is 16.2. The molecule has 1 unspecified atom stereocenters. The molecule has 0 bridgehead atoms. The summed E-state index contributed by atoms with van der Waals surface area (Å²) in [6.45, 7) is 7.78. The number of nitrogens with one attached hydrogen (secondary N) is 2. The van der Waals surface area contributed by atoms with Gasteiger partial charge in [-0.15, -0.1) is 0 Å². The van der Waals surface area contributed by atoms with Gasteiger partial charge in [-0.25, -0.2) is 4.79 Å². The van der Waals surface area contributed by atoms with Crippen LogP contribution in [-0.2, 0) is 9.59 Å². The molecule has 3 rings (SSSR count). The fraction of sp³-hybridized carbons (Fsp3) is 0.550. The molecule has 1 aromatic carbocycles. The molecule has 2 aliphatic heterocycles. The zero-order valence-electron chi connectivity index (χ0n) is 16.2. The van der Waals surface area contributed by atoms with E-state index in [-0.39, 0.29) is 24.3 Å². The second-order valence-electron chi connectivity index (χ2n) is 7.80. The Hall–Kier alpha value is -2.57. The Morgan fingerprint density at radius 2 is 1.96 bits per heavy atom. The van der Waals surface area contributed by atoms with Crippen LogP contribution in [0.3, 0.4) is 0 Å². The van der Waals surface area contributed by atoms with Gasteiger partial charge in [-0.05, 0) is 55.9 Å². The van der Waals surface area contributed by atoms with Crippen molar-refractivity contribution in [3.05, 3.63) is 23.8 Å². The average molecular weight is 372 g/mol. The van der Waals surface area contributed by atoms with Gasteiger partial charge in [-0.1, -0.05) is 13.8 Å². The van der Waals surface area contributed by atoms with Crippen LogP contribution in [0, 0.1) is 12.8 Å². The summed E-state index contributed by atoms with van der Waals surface area (Å²) in [4.78, 5) is 40.1. The van der Waals surface area contributed by atoms with Crippen molar-refractivity contribution in [1.29, 1.82) is 0 Å². The van der Waals surface area contributed by atoms with E-state index in [1.165, 1.54) is 12.8 Å². The maximum atomic E-state index is 12.4. The van der Waals surface area contributed by atoms with Crippen LogP contribution in [0.5, 0.6) is 0 Å². The number of benzene rings is 1. The Morgan fingerprint density at radius 3 is 2.59 bits per heavy atom. The van der Waals surface area contributed by atoms with Crippen LogP contribution in [0.15, 0.2) is 18.2 Å². The Bertz CT molecular complexity index is 741. The van der Waals surface area contributed by atoms with Crippen molar-refractivity contribution < 1.29 is 14.4 Å². The predicted molar refractivity (Wildman–Crippen MR) is 105 cm³/mol. The van der Waals surface area contributed by atoms with E-state index >= 15 is 0 Å². The minimum atomic E-state index is -0.535. The van der Waals surface area contributed by atoms with Crippen LogP contribution in [0.2, 0.25) is 0 Å². The Labute approximate surface area is 160 Å². The molecule has 7 nitrogen and oxygen atoms in total. The minimum Gasteiger partial charge on any atom is -0.372 e. The second-order valence-corrected chi connectivity index (χ2v) is 7.80. The molecule has 4 amide bonds. The maximum absolute atomic E-state index is 12.4.